The maximum Gasteiger partial charge on any atom is 0.430 e. The van der Waals surface area contributed by atoms with Crippen LogP contribution >= 0.6 is 11.3 Å². The summed E-state index contributed by atoms with van der Waals surface area (Å²) in [5.74, 6) is 0. The van der Waals surface area contributed by atoms with Gasteiger partial charge in [0, 0.05) is 17.6 Å². The largest absolute Gasteiger partial charge is 0.430 e. The second-order valence-electron chi connectivity index (χ2n) is 8.14. The lowest BCUT2D eigenvalue weighted by Gasteiger charge is -2.35. The lowest BCUT2D eigenvalue weighted by atomic mass is 9.83. The Kier molecular flexibility index (Phi) is 10.3. The van der Waals surface area contributed by atoms with Gasteiger partial charge in [-0.3, -0.25) is 0 Å². The summed E-state index contributed by atoms with van der Waals surface area (Å²) >= 11 is 1.00. The molecule has 37 heavy (non-hydrogen) atoms. The standard InChI is InChI=1S/C25H24F6O3S.CH4O/c1-2-17-4-3-5-20(22(17)23(34,24(26,27)28)25(29,30)31)21-11-16(14-35-21)7-6-15-8-9-18(12-32)19(10-15)13-33;1-2/h3-5,8-11,14,32-34H,2,6-7,12-13H2,1H3;2H,1H3. The summed E-state index contributed by atoms with van der Waals surface area (Å²) in [6, 6.07) is 10.5. The van der Waals surface area contributed by atoms with E-state index < -0.39 is 23.5 Å². The number of hydrogen-bond donors (Lipinski definition) is 4. The van der Waals surface area contributed by atoms with E-state index in [0.717, 1.165) is 36.1 Å². The summed E-state index contributed by atoms with van der Waals surface area (Å²) in [6.45, 7) is 0.966. The van der Waals surface area contributed by atoms with E-state index in [4.69, 9.17) is 5.11 Å². The van der Waals surface area contributed by atoms with Gasteiger partial charge in [-0.1, -0.05) is 43.3 Å². The van der Waals surface area contributed by atoms with E-state index in [2.05, 4.69) is 0 Å². The van der Waals surface area contributed by atoms with Crippen molar-refractivity contribution in [2.75, 3.05) is 7.11 Å². The van der Waals surface area contributed by atoms with E-state index in [1.54, 1.807) is 23.6 Å². The molecule has 1 heterocycles. The smallest absolute Gasteiger partial charge is 0.400 e. The quantitative estimate of drug-likeness (QED) is 0.273. The van der Waals surface area contributed by atoms with Crippen LogP contribution < -0.4 is 0 Å². The van der Waals surface area contributed by atoms with Gasteiger partial charge in [-0.2, -0.15) is 26.3 Å². The summed E-state index contributed by atoms with van der Waals surface area (Å²) in [7, 11) is 1.00. The Morgan fingerprint density at radius 3 is 1.89 bits per heavy atom. The van der Waals surface area contributed by atoms with Gasteiger partial charge >= 0.3 is 12.4 Å². The van der Waals surface area contributed by atoms with Crippen LogP contribution in [-0.2, 0) is 38.1 Å². The van der Waals surface area contributed by atoms with Gasteiger partial charge < -0.3 is 20.4 Å². The second-order valence-corrected chi connectivity index (χ2v) is 9.05. The van der Waals surface area contributed by atoms with Crippen molar-refractivity contribution in [1.82, 2.24) is 0 Å². The highest BCUT2D eigenvalue weighted by atomic mass is 32.1. The van der Waals surface area contributed by atoms with E-state index in [9.17, 15) is 41.7 Å². The van der Waals surface area contributed by atoms with Gasteiger partial charge in [0.05, 0.1) is 13.2 Å². The number of hydrogen-bond acceptors (Lipinski definition) is 5. The zero-order valence-electron chi connectivity index (χ0n) is 20.1. The summed E-state index contributed by atoms with van der Waals surface area (Å²) in [4.78, 5) is 0.184. The van der Waals surface area contributed by atoms with Gasteiger partial charge in [-0.05, 0) is 64.1 Å². The molecule has 0 unspecified atom stereocenters. The number of aliphatic hydroxyl groups is 4. The van der Waals surface area contributed by atoms with Crippen LogP contribution in [0.3, 0.4) is 0 Å². The van der Waals surface area contributed by atoms with Gasteiger partial charge in [-0.15, -0.1) is 11.3 Å². The van der Waals surface area contributed by atoms with E-state index >= 15 is 0 Å². The number of alkyl halides is 6. The third-order valence-electron chi connectivity index (χ3n) is 5.95. The maximum absolute atomic E-state index is 13.7. The van der Waals surface area contributed by atoms with E-state index in [1.807, 2.05) is 0 Å². The molecule has 11 heteroatoms. The molecule has 3 rings (SSSR count). The summed E-state index contributed by atoms with van der Waals surface area (Å²) in [5, 5.41) is 37.6. The number of rotatable bonds is 8. The van der Waals surface area contributed by atoms with Gasteiger partial charge in [-0.25, -0.2) is 0 Å². The number of thiophene rings is 1. The van der Waals surface area contributed by atoms with Gasteiger partial charge in [0.2, 0.25) is 0 Å². The third-order valence-corrected chi connectivity index (χ3v) is 6.96. The van der Waals surface area contributed by atoms with Gasteiger partial charge in [0.1, 0.15) is 0 Å². The Morgan fingerprint density at radius 2 is 1.35 bits per heavy atom. The maximum atomic E-state index is 13.7. The fourth-order valence-electron chi connectivity index (χ4n) is 4.04. The molecule has 0 fully saturated rings. The van der Waals surface area contributed by atoms with Crippen LogP contribution in [0.15, 0.2) is 47.8 Å². The van der Waals surface area contributed by atoms with Gasteiger partial charge in [0.15, 0.2) is 0 Å². The van der Waals surface area contributed by atoms with Crippen molar-refractivity contribution >= 4 is 11.3 Å². The van der Waals surface area contributed by atoms with Crippen LogP contribution in [0.5, 0.6) is 0 Å². The second kappa shape index (κ2) is 12.4. The first-order valence-corrected chi connectivity index (χ1v) is 12.1. The summed E-state index contributed by atoms with van der Waals surface area (Å²) in [6.07, 6.45) is -11.1. The molecule has 0 aliphatic rings. The van der Waals surface area contributed by atoms with Gasteiger partial charge in [0.25, 0.3) is 5.60 Å². The number of aryl methyl sites for hydroxylation is 3. The predicted octanol–water partition coefficient (Wildman–Crippen LogP) is 5.67. The first-order chi connectivity index (χ1) is 17.4. The molecule has 0 saturated heterocycles. The SMILES string of the molecule is CCc1cccc(-c2cc(CCc3ccc(CO)c(CO)c3)cs2)c1C(O)(C(F)(F)F)C(F)(F)F.CO. The molecule has 0 spiro atoms. The first kappa shape index (κ1) is 30.8. The lowest BCUT2D eigenvalue weighted by Crippen LogP contribution is -2.54. The molecule has 204 valence electrons. The van der Waals surface area contributed by atoms with Crippen LogP contribution in [0, 0.1) is 0 Å². The molecule has 4 N–H and O–H groups in total. The lowest BCUT2D eigenvalue weighted by molar-refractivity contribution is -0.376. The molecule has 4 nitrogen and oxygen atoms in total. The van der Waals surface area contributed by atoms with Crippen LogP contribution in [0.1, 0.15) is 40.3 Å². The van der Waals surface area contributed by atoms with Crippen LogP contribution in [0.25, 0.3) is 10.4 Å². The zero-order chi connectivity index (χ0) is 28.0. The predicted molar refractivity (Wildman–Crippen MR) is 129 cm³/mol. The Hall–Kier alpha value is -2.44. The fraction of sp³-hybridized carbons (Fsp3) is 0.385. The van der Waals surface area contributed by atoms with Crippen molar-refractivity contribution in [3.63, 3.8) is 0 Å². The normalized spacial score (nSPS) is 12.3. The number of aliphatic hydroxyl groups excluding tert-OH is 3. The molecule has 0 atom stereocenters. The molecule has 0 bridgehead atoms. The van der Waals surface area contributed by atoms with Crippen molar-refractivity contribution in [1.29, 1.82) is 0 Å². The highest BCUT2D eigenvalue weighted by molar-refractivity contribution is 7.13. The van der Waals surface area contributed by atoms with Crippen molar-refractivity contribution in [2.45, 2.75) is 57.4 Å². The van der Waals surface area contributed by atoms with Crippen LogP contribution in [0.4, 0.5) is 26.3 Å². The van der Waals surface area contributed by atoms with Crippen molar-refractivity contribution in [3.05, 3.63) is 81.2 Å². The molecule has 0 aliphatic carbocycles. The number of halogens is 6. The first-order valence-electron chi connectivity index (χ1n) is 11.2. The third kappa shape index (κ3) is 6.35. The molecule has 0 saturated carbocycles. The van der Waals surface area contributed by atoms with Crippen molar-refractivity contribution in [2.24, 2.45) is 0 Å². The minimum atomic E-state index is -5.98. The van der Waals surface area contributed by atoms with Crippen molar-refractivity contribution < 1.29 is 46.8 Å². The molecule has 0 amide bonds. The molecular weight excluding hydrogens is 522 g/mol. The molecule has 0 aliphatic heterocycles. The zero-order valence-corrected chi connectivity index (χ0v) is 20.9. The van der Waals surface area contributed by atoms with Crippen molar-refractivity contribution in [3.8, 4) is 10.4 Å². The highest BCUT2D eigenvalue weighted by Gasteiger charge is 2.72. The summed E-state index contributed by atoms with van der Waals surface area (Å²) in [5.41, 5.74) is -4.02. The number of benzene rings is 2. The molecular formula is C26H28F6O4S. The monoisotopic (exact) mass is 550 g/mol. The van der Waals surface area contributed by atoms with Crippen LogP contribution in [0.2, 0.25) is 0 Å². The molecule has 2 aromatic carbocycles. The summed E-state index contributed by atoms with van der Waals surface area (Å²) < 4.78 is 82.4. The Morgan fingerprint density at radius 1 is 0.757 bits per heavy atom. The van der Waals surface area contributed by atoms with E-state index in [0.29, 0.717) is 29.5 Å². The Balaban J connectivity index is 0.00000235. The molecule has 0 radical (unpaired) electrons. The minimum Gasteiger partial charge on any atom is -0.400 e. The Labute approximate surface area is 214 Å². The Bertz CT molecular complexity index is 1160. The average Bonchev–Trinajstić information content (AvgIpc) is 3.35. The minimum absolute atomic E-state index is 0.132. The molecule has 1 aromatic heterocycles. The van der Waals surface area contributed by atoms with Crippen LogP contribution in [-0.4, -0.2) is 39.9 Å². The van der Waals surface area contributed by atoms with E-state index in [1.165, 1.54) is 19.1 Å². The topological polar surface area (TPSA) is 80.9 Å². The molecule has 3 aromatic rings. The highest BCUT2D eigenvalue weighted by Crippen LogP contribution is 2.53. The van der Waals surface area contributed by atoms with E-state index in [-0.39, 0.29) is 35.6 Å². The fourth-order valence-corrected chi connectivity index (χ4v) is 5.03. The average molecular weight is 551 g/mol.